The molecule has 6 aromatic carbocycles. The summed E-state index contributed by atoms with van der Waals surface area (Å²) in [6.07, 6.45) is 3.12. The Bertz CT molecular complexity index is 1710. The van der Waals surface area contributed by atoms with Gasteiger partial charge >= 0.3 is 0 Å². The van der Waals surface area contributed by atoms with E-state index in [1.807, 2.05) is 0 Å². The van der Waals surface area contributed by atoms with Gasteiger partial charge in [-0.05, 0) is 125 Å². The zero-order valence-corrected chi connectivity index (χ0v) is 22.9. The molecular weight excluding hydrogens is 496 g/mol. The molecule has 8 heterocycles. The molecule has 0 fully saturated rings. The van der Waals surface area contributed by atoms with Crippen LogP contribution >= 0.6 is 0 Å². The highest BCUT2D eigenvalue weighted by molar-refractivity contribution is 5.81. The molecule has 8 aliphatic heterocycles. The van der Waals surface area contributed by atoms with Crippen molar-refractivity contribution in [2.45, 2.75) is 19.3 Å². The molecule has 0 N–H and O–H groups in total. The van der Waals surface area contributed by atoms with Gasteiger partial charge in [-0.1, -0.05) is 72.8 Å². The van der Waals surface area contributed by atoms with Crippen LogP contribution in [0.2, 0.25) is 0 Å². The van der Waals surface area contributed by atoms with Crippen LogP contribution in [0, 0.1) is 0 Å². The van der Waals surface area contributed by atoms with E-state index in [4.69, 9.17) is 0 Å². The molecule has 8 aliphatic rings. The maximum Gasteiger partial charge on any atom is 0.0462 e. The zero-order chi connectivity index (χ0) is 27.2. The second-order valence-corrected chi connectivity index (χ2v) is 11.1. The quantitative estimate of drug-likeness (QED) is 0.226. The van der Waals surface area contributed by atoms with Crippen molar-refractivity contribution in [1.29, 1.82) is 0 Å². The van der Waals surface area contributed by atoms with Crippen LogP contribution in [-0.4, -0.2) is 0 Å². The van der Waals surface area contributed by atoms with Crippen molar-refractivity contribution < 1.29 is 0 Å². The van der Waals surface area contributed by atoms with Crippen molar-refractivity contribution in [3.63, 3.8) is 0 Å². The lowest BCUT2D eigenvalue weighted by Gasteiger charge is -2.27. The molecule has 0 saturated heterocycles. The summed E-state index contributed by atoms with van der Waals surface area (Å²) in [5.41, 5.74) is 14.9. The van der Waals surface area contributed by atoms with E-state index in [-0.39, 0.29) is 0 Å². The SMILES string of the molecule is c1cc2ccc1CCc1ccc(cc1)N2c1ccc(-c2ccc(N3c4ccc(cc4)Cc4ccc3cc4)cc2)cc1. The van der Waals surface area contributed by atoms with Crippen LogP contribution in [0.5, 0.6) is 0 Å². The number of aryl methyl sites for hydroxylation is 2. The second-order valence-electron chi connectivity index (χ2n) is 11.1. The molecule has 6 aromatic rings. The third kappa shape index (κ3) is 4.48. The molecule has 0 saturated carbocycles. The fourth-order valence-electron chi connectivity index (χ4n) is 6.17. The third-order valence-corrected chi connectivity index (χ3v) is 8.47. The van der Waals surface area contributed by atoms with Crippen LogP contribution < -0.4 is 9.80 Å². The van der Waals surface area contributed by atoms with Crippen LogP contribution in [0.1, 0.15) is 22.3 Å². The molecule has 41 heavy (non-hydrogen) atoms. The van der Waals surface area contributed by atoms with Gasteiger partial charge in [0.2, 0.25) is 0 Å². The van der Waals surface area contributed by atoms with Gasteiger partial charge < -0.3 is 9.80 Å². The van der Waals surface area contributed by atoms with Gasteiger partial charge in [0, 0.05) is 34.1 Å². The first-order chi connectivity index (χ1) is 20.3. The van der Waals surface area contributed by atoms with Gasteiger partial charge in [-0.2, -0.15) is 0 Å². The second kappa shape index (κ2) is 9.83. The van der Waals surface area contributed by atoms with E-state index in [1.165, 1.54) is 56.1 Å². The highest BCUT2D eigenvalue weighted by Crippen LogP contribution is 2.39. The Labute approximate surface area is 241 Å². The van der Waals surface area contributed by atoms with Crippen LogP contribution in [0.15, 0.2) is 146 Å². The van der Waals surface area contributed by atoms with Crippen molar-refractivity contribution in [3.8, 4) is 11.1 Å². The molecule has 0 aliphatic carbocycles. The lowest BCUT2D eigenvalue weighted by molar-refractivity contribution is 0.962. The summed E-state index contributed by atoms with van der Waals surface area (Å²) in [4.78, 5) is 4.67. The molecular formula is C39H30N2. The average molecular weight is 527 g/mol. The van der Waals surface area contributed by atoms with Crippen LogP contribution in [0.3, 0.4) is 0 Å². The monoisotopic (exact) mass is 526 g/mol. The maximum atomic E-state index is 2.34. The van der Waals surface area contributed by atoms with E-state index in [0.29, 0.717) is 0 Å². The fourth-order valence-corrected chi connectivity index (χ4v) is 6.17. The predicted molar refractivity (Wildman–Crippen MR) is 171 cm³/mol. The van der Waals surface area contributed by atoms with Crippen LogP contribution in [-0.2, 0) is 19.3 Å². The van der Waals surface area contributed by atoms with Crippen LogP contribution in [0.4, 0.5) is 34.1 Å². The maximum absolute atomic E-state index is 2.34. The third-order valence-electron chi connectivity index (χ3n) is 8.47. The predicted octanol–water partition coefficient (Wildman–Crippen LogP) is 10.3. The van der Waals surface area contributed by atoms with Gasteiger partial charge in [0.1, 0.15) is 0 Å². The Kier molecular flexibility index (Phi) is 5.70. The number of anilines is 6. The van der Waals surface area contributed by atoms with Crippen LogP contribution in [0.25, 0.3) is 11.1 Å². The topological polar surface area (TPSA) is 6.48 Å². The summed E-state index contributed by atoms with van der Waals surface area (Å²) in [5.74, 6) is 0. The Balaban J connectivity index is 1.11. The number of benzene rings is 6. The van der Waals surface area contributed by atoms with Gasteiger partial charge in [0.15, 0.2) is 0 Å². The number of rotatable bonds is 3. The first-order valence-electron chi connectivity index (χ1n) is 14.4. The minimum absolute atomic E-state index is 0.977. The summed E-state index contributed by atoms with van der Waals surface area (Å²) < 4.78 is 0. The lowest BCUT2D eigenvalue weighted by atomic mass is 10.0. The Morgan fingerprint density at radius 1 is 0.268 bits per heavy atom. The van der Waals surface area contributed by atoms with Crippen molar-refractivity contribution in [3.05, 3.63) is 168 Å². The molecule has 196 valence electrons. The first kappa shape index (κ1) is 23.8. The van der Waals surface area contributed by atoms with E-state index in [9.17, 15) is 0 Å². The lowest BCUT2D eigenvalue weighted by Crippen LogP contribution is -2.11. The molecule has 8 bridgehead atoms. The molecule has 2 heteroatoms. The Hall–Kier alpha value is -5.08. The molecule has 14 rings (SSSR count). The highest BCUT2D eigenvalue weighted by atomic mass is 15.1. The van der Waals surface area contributed by atoms with Gasteiger partial charge in [-0.25, -0.2) is 0 Å². The largest absolute Gasteiger partial charge is 0.311 e. The Morgan fingerprint density at radius 3 is 0.805 bits per heavy atom. The van der Waals surface area contributed by atoms with Crippen molar-refractivity contribution in [2.24, 2.45) is 0 Å². The summed E-state index contributed by atoms with van der Waals surface area (Å²) in [7, 11) is 0. The van der Waals surface area contributed by atoms with E-state index in [1.54, 1.807) is 0 Å². The highest BCUT2D eigenvalue weighted by Gasteiger charge is 2.16. The van der Waals surface area contributed by atoms with E-state index in [0.717, 1.165) is 30.6 Å². The summed E-state index contributed by atoms with van der Waals surface area (Å²) in [6.45, 7) is 0. The van der Waals surface area contributed by atoms with Crippen molar-refractivity contribution in [1.82, 2.24) is 0 Å². The zero-order valence-electron chi connectivity index (χ0n) is 22.9. The number of nitrogens with zero attached hydrogens (tertiary/aromatic N) is 2. The standard InChI is InChI=1S/C39H30N2/c1-2-29-5-17-35(18-6-29)40(34-15-3-28(1)4-16-34)38-23-11-32(12-24-38)33-13-25-39(26-14-33)41-36-19-7-30(8-20-36)27-31-9-21-37(41)22-10-31/h3-26H,1-2,27H2. The van der Waals surface area contributed by atoms with E-state index < -0.39 is 0 Å². The molecule has 2 nitrogen and oxygen atoms in total. The molecule has 0 atom stereocenters. The fraction of sp³-hybridized carbons (Fsp3) is 0.0769. The Morgan fingerprint density at radius 2 is 0.512 bits per heavy atom. The van der Waals surface area contributed by atoms with Gasteiger partial charge in [0.25, 0.3) is 0 Å². The van der Waals surface area contributed by atoms with Crippen molar-refractivity contribution in [2.75, 3.05) is 9.80 Å². The molecule has 0 spiro atoms. The summed E-state index contributed by atoms with van der Waals surface area (Å²) in [6, 6.07) is 53.8. The van der Waals surface area contributed by atoms with Gasteiger partial charge in [-0.15, -0.1) is 0 Å². The molecule has 0 aromatic heterocycles. The number of hydrogen-bond donors (Lipinski definition) is 0. The minimum Gasteiger partial charge on any atom is -0.311 e. The van der Waals surface area contributed by atoms with E-state index in [2.05, 4.69) is 155 Å². The summed E-state index contributed by atoms with van der Waals surface area (Å²) in [5, 5.41) is 0. The van der Waals surface area contributed by atoms with Crippen molar-refractivity contribution >= 4 is 34.1 Å². The van der Waals surface area contributed by atoms with E-state index >= 15 is 0 Å². The first-order valence-corrected chi connectivity index (χ1v) is 14.4. The normalized spacial score (nSPS) is 13.5. The van der Waals surface area contributed by atoms with Gasteiger partial charge in [-0.3, -0.25) is 0 Å². The minimum atomic E-state index is 0.977. The van der Waals surface area contributed by atoms with Gasteiger partial charge in [0.05, 0.1) is 0 Å². The molecule has 0 unspecified atom stereocenters. The molecule has 0 radical (unpaired) electrons. The number of hydrogen-bond acceptors (Lipinski definition) is 2. The molecule has 0 amide bonds. The summed E-state index contributed by atoms with van der Waals surface area (Å²) >= 11 is 0. The smallest absolute Gasteiger partial charge is 0.0462 e. The average Bonchev–Trinajstić information content (AvgIpc) is 3.13.